The molecule has 1 N–H and O–H groups in total. The van der Waals surface area contributed by atoms with E-state index in [1.165, 1.54) is 0 Å². The standard InChI is InChI=1S/C28H24Cl2N2O2/c1-2-26(34)32-24-11-7-6-10-22(24)31-23-14-18(17-8-4-3-5-9-17)15-25(33)27(23)28(32)20-13-12-19(29)16-21(20)30/h3-13,16,18,28,31H,2,14-15H2,1H3/t18-,28+/m1/s1. The van der Waals surface area contributed by atoms with Crippen LogP contribution in [0.25, 0.3) is 0 Å². The minimum absolute atomic E-state index is 0.0142. The highest BCUT2D eigenvalue weighted by molar-refractivity contribution is 6.35. The van der Waals surface area contributed by atoms with Crippen LogP contribution in [0.15, 0.2) is 84.1 Å². The summed E-state index contributed by atoms with van der Waals surface area (Å²) in [6.45, 7) is 1.83. The molecule has 1 amide bonds. The number of fused-ring (bicyclic) bond motifs is 1. The number of Topliss-reactive ketones (excluding diaryl/α,β-unsaturated/α-hetero) is 1. The second kappa shape index (κ2) is 9.28. The van der Waals surface area contributed by atoms with Crippen LogP contribution in [0.5, 0.6) is 0 Å². The minimum Gasteiger partial charge on any atom is -0.357 e. The highest BCUT2D eigenvalue weighted by Crippen LogP contribution is 2.48. The van der Waals surface area contributed by atoms with Crippen molar-refractivity contribution in [1.82, 2.24) is 0 Å². The summed E-state index contributed by atoms with van der Waals surface area (Å²) in [7, 11) is 0. The number of benzene rings is 3. The first kappa shape index (κ1) is 22.7. The van der Waals surface area contributed by atoms with Gasteiger partial charge in [0.15, 0.2) is 5.78 Å². The molecule has 2 atom stereocenters. The lowest BCUT2D eigenvalue weighted by molar-refractivity contribution is -0.119. The summed E-state index contributed by atoms with van der Waals surface area (Å²) in [6, 6.07) is 22.4. The number of ketones is 1. The molecule has 0 saturated heterocycles. The van der Waals surface area contributed by atoms with Gasteiger partial charge in [-0.1, -0.05) is 78.7 Å². The van der Waals surface area contributed by atoms with Crippen LogP contribution in [0.4, 0.5) is 11.4 Å². The van der Waals surface area contributed by atoms with E-state index in [9.17, 15) is 9.59 Å². The first-order chi connectivity index (χ1) is 16.5. The Hall–Kier alpha value is -3.08. The molecule has 4 nitrogen and oxygen atoms in total. The number of rotatable bonds is 3. The third-order valence-corrected chi connectivity index (χ3v) is 7.15. The summed E-state index contributed by atoms with van der Waals surface area (Å²) in [5, 5.41) is 4.46. The normalized spacial score (nSPS) is 19.7. The average Bonchev–Trinajstić information content (AvgIpc) is 2.98. The molecule has 1 heterocycles. The smallest absolute Gasteiger partial charge is 0.227 e. The van der Waals surface area contributed by atoms with Gasteiger partial charge in [0.25, 0.3) is 0 Å². The van der Waals surface area contributed by atoms with Gasteiger partial charge in [0.05, 0.1) is 17.4 Å². The number of nitrogens with one attached hydrogen (secondary N) is 1. The SMILES string of the molecule is CCC(=O)N1c2ccccc2NC2=C(C(=O)C[C@H](c3ccccc3)C2)[C@@H]1c1ccc(Cl)cc1Cl. The fourth-order valence-electron chi connectivity index (χ4n) is 5.01. The fourth-order valence-corrected chi connectivity index (χ4v) is 5.53. The number of nitrogens with zero attached hydrogens (tertiary/aromatic N) is 1. The monoisotopic (exact) mass is 490 g/mol. The van der Waals surface area contributed by atoms with Gasteiger partial charge in [-0.2, -0.15) is 0 Å². The van der Waals surface area contributed by atoms with E-state index in [-0.39, 0.29) is 17.6 Å². The molecule has 172 valence electrons. The molecule has 0 bridgehead atoms. The van der Waals surface area contributed by atoms with E-state index in [4.69, 9.17) is 23.2 Å². The maximum Gasteiger partial charge on any atom is 0.227 e. The number of hydrogen-bond donors (Lipinski definition) is 1. The number of para-hydroxylation sites is 2. The van der Waals surface area contributed by atoms with E-state index in [1.807, 2.05) is 55.5 Å². The van der Waals surface area contributed by atoms with Crippen molar-refractivity contribution in [2.45, 2.75) is 38.1 Å². The first-order valence-electron chi connectivity index (χ1n) is 11.4. The van der Waals surface area contributed by atoms with Crippen molar-refractivity contribution in [3.63, 3.8) is 0 Å². The van der Waals surface area contributed by atoms with E-state index >= 15 is 0 Å². The first-order valence-corrected chi connectivity index (χ1v) is 12.2. The summed E-state index contributed by atoms with van der Waals surface area (Å²) in [4.78, 5) is 29.0. The summed E-state index contributed by atoms with van der Waals surface area (Å²) in [5.41, 5.74) is 4.76. The van der Waals surface area contributed by atoms with Crippen molar-refractivity contribution in [3.8, 4) is 0 Å². The molecule has 0 saturated carbocycles. The number of amides is 1. The zero-order valence-electron chi connectivity index (χ0n) is 18.7. The molecule has 34 heavy (non-hydrogen) atoms. The minimum atomic E-state index is -0.646. The molecule has 0 aromatic heterocycles. The van der Waals surface area contributed by atoms with Gasteiger partial charge in [-0.05, 0) is 47.7 Å². The second-order valence-electron chi connectivity index (χ2n) is 8.66. The summed E-state index contributed by atoms with van der Waals surface area (Å²) in [5.74, 6) is -0.0146. The van der Waals surface area contributed by atoms with E-state index in [0.29, 0.717) is 40.4 Å². The third-order valence-electron chi connectivity index (χ3n) is 6.59. The highest BCUT2D eigenvalue weighted by Gasteiger charge is 2.41. The molecule has 0 unspecified atom stereocenters. The van der Waals surface area contributed by atoms with Gasteiger partial charge in [-0.25, -0.2) is 0 Å². The van der Waals surface area contributed by atoms with Crippen molar-refractivity contribution in [2.75, 3.05) is 10.2 Å². The zero-order valence-corrected chi connectivity index (χ0v) is 20.2. The van der Waals surface area contributed by atoms with Crippen LogP contribution in [0.3, 0.4) is 0 Å². The van der Waals surface area contributed by atoms with Crippen molar-refractivity contribution in [1.29, 1.82) is 0 Å². The number of halogens is 2. The molecule has 0 fully saturated rings. The van der Waals surface area contributed by atoms with Crippen molar-refractivity contribution in [2.24, 2.45) is 0 Å². The van der Waals surface area contributed by atoms with Crippen LogP contribution in [-0.2, 0) is 9.59 Å². The Labute approximate surface area is 209 Å². The quantitative estimate of drug-likeness (QED) is 0.418. The molecule has 6 heteroatoms. The van der Waals surface area contributed by atoms with Crippen LogP contribution in [0.1, 0.15) is 49.3 Å². The number of carbonyl (C=O) groups is 2. The van der Waals surface area contributed by atoms with E-state index in [1.54, 1.807) is 17.0 Å². The molecule has 0 radical (unpaired) electrons. The number of anilines is 2. The van der Waals surface area contributed by atoms with Gasteiger partial charge in [0, 0.05) is 34.2 Å². The predicted octanol–water partition coefficient (Wildman–Crippen LogP) is 7.30. The molecule has 1 aliphatic heterocycles. The Kier molecular flexibility index (Phi) is 6.20. The Morgan fingerprint density at radius 1 is 1.00 bits per heavy atom. The van der Waals surface area contributed by atoms with Crippen molar-refractivity contribution >= 4 is 46.3 Å². The molecular weight excluding hydrogens is 467 g/mol. The Bertz CT molecular complexity index is 1300. The lowest BCUT2D eigenvalue weighted by Gasteiger charge is -2.35. The summed E-state index contributed by atoms with van der Waals surface area (Å²) in [6.07, 6.45) is 1.32. The third kappa shape index (κ3) is 4.02. The Morgan fingerprint density at radius 3 is 2.47 bits per heavy atom. The fraction of sp³-hybridized carbons (Fsp3) is 0.214. The molecule has 5 rings (SSSR count). The van der Waals surface area contributed by atoms with Crippen LogP contribution >= 0.6 is 23.2 Å². The van der Waals surface area contributed by atoms with Crippen molar-refractivity contribution in [3.05, 3.63) is 105 Å². The molecule has 3 aromatic carbocycles. The zero-order chi connectivity index (χ0) is 23.8. The van der Waals surface area contributed by atoms with Crippen LogP contribution in [-0.4, -0.2) is 11.7 Å². The van der Waals surface area contributed by atoms with Crippen LogP contribution in [0.2, 0.25) is 10.0 Å². The lowest BCUT2D eigenvalue weighted by Crippen LogP contribution is -2.38. The maximum absolute atomic E-state index is 13.8. The highest BCUT2D eigenvalue weighted by atomic mass is 35.5. The Morgan fingerprint density at radius 2 is 1.74 bits per heavy atom. The molecular formula is C28H24Cl2N2O2. The summed E-state index contributed by atoms with van der Waals surface area (Å²) < 4.78 is 0. The number of hydrogen-bond acceptors (Lipinski definition) is 3. The predicted molar refractivity (Wildman–Crippen MR) is 137 cm³/mol. The van der Waals surface area contributed by atoms with E-state index in [0.717, 1.165) is 22.6 Å². The Balaban J connectivity index is 1.74. The van der Waals surface area contributed by atoms with Crippen LogP contribution in [0, 0.1) is 0 Å². The summed E-state index contributed by atoms with van der Waals surface area (Å²) >= 11 is 12.9. The molecule has 0 spiro atoms. The molecule has 1 aliphatic carbocycles. The largest absolute Gasteiger partial charge is 0.357 e. The average molecular weight is 491 g/mol. The van der Waals surface area contributed by atoms with E-state index in [2.05, 4.69) is 17.4 Å². The van der Waals surface area contributed by atoms with Gasteiger partial charge in [-0.3, -0.25) is 14.5 Å². The van der Waals surface area contributed by atoms with Crippen molar-refractivity contribution < 1.29 is 9.59 Å². The molecule has 3 aromatic rings. The van der Waals surface area contributed by atoms with Gasteiger partial charge >= 0.3 is 0 Å². The van der Waals surface area contributed by atoms with E-state index < -0.39 is 6.04 Å². The van der Waals surface area contributed by atoms with Gasteiger partial charge < -0.3 is 5.32 Å². The van der Waals surface area contributed by atoms with Gasteiger partial charge in [0.1, 0.15) is 0 Å². The number of carbonyl (C=O) groups excluding carboxylic acids is 2. The van der Waals surface area contributed by atoms with Gasteiger partial charge in [0.2, 0.25) is 5.91 Å². The lowest BCUT2D eigenvalue weighted by atomic mass is 9.78. The van der Waals surface area contributed by atoms with Crippen LogP contribution < -0.4 is 10.2 Å². The maximum atomic E-state index is 13.8. The van der Waals surface area contributed by atoms with Gasteiger partial charge in [-0.15, -0.1) is 0 Å². The second-order valence-corrected chi connectivity index (χ2v) is 9.50. The number of allylic oxidation sites excluding steroid dienone is 1. The topological polar surface area (TPSA) is 49.4 Å². The molecule has 2 aliphatic rings.